The zero-order chi connectivity index (χ0) is 57.4. The largest absolute Gasteiger partial charge is 0.311 e. The molecule has 9 aromatic rings. The molecule has 0 fully saturated rings. The Morgan fingerprint density at radius 2 is 0.817 bits per heavy atom. The summed E-state index contributed by atoms with van der Waals surface area (Å²) in [5, 5.41) is 0. The summed E-state index contributed by atoms with van der Waals surface area (Å²) in [5.41, 5.74) is 29.4. The quantitative estimate of drug-likeness (QED) is 0.154. The smallest absolute Gasteiger partial charge is 0.252 e. The van der Waals surface area contributed by atoms with E-state index >= 15 is 0 Å². The lowest BCUT2D eigenvalue weighted by atomic mass is 9.32. The lowest BCUT2D eigenvalue weighted by Gasteiger charge is -2.49. The van der Waals surface area contributed by atoms with Crippen LogP contribution < -0.4 is 31.1 Å². The van der Waals surface area contributed by atoms with Gasteiger partial charge >= 0.3 is 0 Å². The first-order chi connectivity index (χ1) is 38.8. The maximum Gasteiger partial charge on any atom is 0.252 e. The minimum absolute atomic E-state index is 0.000272. The summed E-state index contributed by atoms with van der Waals surface area (Å²) in [6.45, 7) is 36.6. The zero-order valence-corrected chi connectivity index (χ0v) is 51.2. The van der Waals surface area contributed by atoms with E-state index in [-0.39, 0.29) is 44.6 Å². The Morgan fingerprint density at radius 3 is 1.38 bits per heavy atom. The molecule has 0 saturated carbocycles. The predicted molar refractivity (Wildman–Crippen MR) is 351 cm³/mol. The molecule has 0 N–H and O–H groups in total. The molecule has 3 nitrogen and oxygen atoms in total. The Labute approximate surface area is 490 Å². The average molecular weight is 1070 g/mol. The van der Waals surface area contributed by atoms with E-state index in [0.29, 0.717) is 0 Å². The van der Waals surface area contributed by atoms with Crippen molar-refractivity contribution in [3.63, 3.8) is 0 Å². The van der Waals surface area contributed by atoms with Crippen molar-refractivity contribution in [1.29, 1.82) is 0 Å². The van der Waals surface area contributed by atoms with Gasteiger partial charge in [0.05, 0.1) is 11.4 Å². The van der Waals surface area contributed by atoms with E-state index in [2.05, 4.69) is 307 Å². The van der Waals surface area contributed by atoms with Gasteiger partial charge in [-0.2, -0.15) is 0 Å². The number of nitrogens with zero attached hydrogens (tertiary/aromatic N) is 3. The number of hydrogen-bond acceptors (Lipinski definition) is 3. The van der Waals surface area contributed by atoms with Crippen LogP contribution in [0.4, 0.5) is 51.2 Å². The summed E-state index contributed by atoms with van der Waals surface area (Å²) in [4.78, 5) is 7.93. The number of rotatable bonds is 6. The molecule has 0 spiro atoms. The van der Waals surface area contributed by atoms with E-state index in [1.165, 1.54) is 112 Å². The van der Waals surface area contributed by atoms with Crippen molar-refractivity contribution in [2.45, 2.75) is 155 Å². The summed E-state index contributed by atoms with van der Waals surface area (Å²) in [6, 6.07) is 73.3. The third kappa shape index (κ3) is 7.68. The van der Waals surface area contributed by atoms with Crippen LogP contribution in [0.15, 0.2) is 188 Å². The van der Waals surface area contributed by atoms with Gasteiger partial charge in [0, 0.05) is 56.2 Å². The van der Waals surface area contributed by atoms with Crippen LogP contribution in [0.3, 0.4) is 0 Å². The van der Waals surface area contributed by atoms with Gasteiger partial charge in [0.25, 0.3) is 6.71 Å². The van der Waals surface area contributed by atoms with Crippen molar-refractivity contribution < 1.29 is 0 Å². The van der Waals surface area contributed by atoms with E-state index in [4.69, 9.17) is 0 Å². The normalized spacial score (nSPS) is 18.4. The van der Waals surface area contributed by atoms with Gasteiger partial charge in [0.15, 0.2) is 0 Å². The Bertz CT molecular complexity index is 4060. The highest BCUT2D eigenvalue weighted by molar-refractivity contribution is 7.00. The van der Waals surface area contributed by atoms with Crippen molar-refractivity contribution in [2.75, 3.05) is 14.7 Å². The number of benzene rings is 9. The van der Waals surface area contributed by atoms with Gasteiger partial charge in [-0.05, 0) is 185 Å². The molecule has 5 aliphatic rings. The highest BCUT2D eigenvalue weighted by atomic mass is 15.2. The minimum Gasteiger partial charge on any atom is -0.311 e. The third-order valence-electron chi connectivity index (χ3n) is 20.4. The van der Waals surface area contributed by atoms with E-state index in [1.54, 1.807) is 0 Å². The lowest BCUT2D eigenvalue weighted by Crippen LogP contribution is -2.62. The maximum atomic E-state index is 2.72. The second kappa shape index (κ2) is 17.5. The molecule has 0 saturated heterocycles. The van der Waals surface area contributed by atoms with Gasteiger partial charge in [0.1, 0.15) is 0 Å². The molecule has 14 rings (SSSR count). The summed E-state index contributed by atoms with van der Waals surface area (Å²) in [5.74, 6) is 0. The fourth-order valence-corrected chi connectivity index (χ4v) is 16.8. The van der Waals surface area contributed by atoms with Gasteiger partial charge in [-0.25, -0.2) is 0 Å². The molecular formula is C78H80BN3. The molecule has 2 aliphatic heterocycles. The summed E-state index contributed by atoms with van der Waals surface area (Å²) in [7, 11) is 0. The average Bonchev–Trinajstić information content (AvgIpc) is 1.32. The first-order valence-electron chi connectivity index (χ1n) is 30.3. The minimum atomic E-state index is -0.279. The topological polar surface area (TPSA) is 9.72 Å². The number of fused-ring (bicyclic) bond motifs is 8. The van der Waals surface area contributed by atoms with Crippen molar-refractivity contribution in [3.8, 4) is 11.1 Å². The first kappa shape index (κ1) is 52.5. The van der Waals surface area contributed by atoms with Crippen LogP contribution in [-0.2, 0) is 37.9 Å². The van der Waals surface area contributed by atoms with Crippen LogP contribution in [-0.4, -0.2) is 6.71 Å². The van der Waals surface area contributed by atoms with E-state index in [9.17, 15) is 0 Å². The molecule has 0 radical (unpaired) electrons. The molecule has 0 bridgehead atoms. The predicted octanol–water partition coefficient (Wildman–Crippen LogP) is 19.1. The summed E-state index contributed by atoms with van der Waals surface area (Å²) >= 11 is 0. The second-order valence-corrected chi connectivity index (χ2v) is 29.7. The van der Waals surface area contributed by atoms with Crippen molar-refractivity contribution in [2.24, 2.45) is 0 Å². The molecule has 2 heterocycles. The molecule has 4 heteroatoms. The number of hydrogen-bond donors (Lipinski definition) is 0. The number of anilines is 9. The van der Waals surface area contributed by atoms with Crippen LogP contribution in [0.25, 0.3) is 11.1 Å². The Balaban J connectivity index is 1.18. The lowest BCUT2D eigenvalue weighted by molar-refractivity contribution is 0.403. The zero-order valence-electron chi connectivity index (χ0n) is 51.2. The van der Waals surface area contributed by atoms with E-state index in [1.807, 2.05) is 0 Å². The SMILES string of the molecule is CC(C)(C)c1ccc(N2c3cc4c(cc3B3c5cc6c(cc5N(c5ccc7c(c5)C(C)(C)CC7(C)C)c5cc(N(c7ccccc7)c7ccccc7)cc2c53)C(C)(C)CC6(C)C)C(C)(C)c2ccccc2C4(C)C)c(-c2ccccc2)c1. The fourth-order valence-electron chi connectivity index (χ4n) is 16.8. The highest BCUT2D eigenvalue weighted by Gasteiger charge is 2.51. The Kier molecular flexibility index (Phi) is 11.2. The van der Waals surface area contributed by atoms with Gasteiger partial charge in [-0.1, -0.05) is 219 Å². The Morgan fingerprint density at radius 1 is 0.366 bits per heavy atom. The van der Waals surface area contributed by atoms with E-state index in [0.717, 1.165) is 29.9 Å². The standard InChI is InChI=1S/C78H80BN3/c1-72(2,3)50-35-38-66(55(39-50)49-27-19-16-20-28-49)82-68-46-63-62(77(12,13)57-33-25-26-34-58(57)78(63,14)15)44-65(68)79-64-43-60-61(76(10,11)48-75(60,8)9)45-67(64)81(53-36-37-56-59(40-53)74(6,7)47-73(56,4)5)69-41-54(42-70(82)71(69)79)80(51-29-21-17-22-30-51)52-31-23-18-24-32-52/h16-46H,47-48H2,1-15H3. The van der Waals surface area contributed by atoms with Gasteiger partial charge in [-0.3, -0.25) is 0 Å². The highest BCUT2D eigenvalue weighted by Crippen LogP contribution is 2.58. The molecule has 0 aromatic heterocycles. The summed E-state index contributed by atoms with van der Waals surface area (Å²) in [6.07, 6.45) is 2.19. The van der Waals surface area contributed by atoms with Gasteiger partial charge in [0.2, 0.25) is 0 Å². The Hall–Kier alpha value is -7.56. The fraction of sp³-hybridized carbons (Fsp3) is 0.308. The van der Waals surface area contributed by atoms with E-state index < -0.39 is 0 Å². The maximum absolute atomic E-state index is 2.72. The van der Waals surface area contributed by atoms with Gasteiger partial charge in [-0.15, -0.1) is 0 Å². The number of para-hydroxylation sites is 2. The molecule has 3 aliphatic carbocycles. The molecule has 410 valence electrons. The van der Waals surface area contributed by atoms with Crippen LogP contribution in [0, 0.1) is 0 Å². The first-order valence-corrected chi connectivity index (χ1v) is 30.3. The molecule has 82 heavy (non-hydrogen) atoms. The van der Waals surface area contributed by atoms with Crippen LogP contribution in [0.2, 0.25) is 0 Å². The van der Waals surface area contributed by atoms with Crippen LogP contribution in [0.1, 0.15) is 167 Å². The molecular weight excluding hydrogens is 990 g/mol. The van der Waals surface area contributed by atoms with Crippen molar-refractivity contribution in [1.82, 2.24) is 0 Å². The third-order valence-corrected chi connectivity index (χ3v) is 20.4. The monoisotopic (exact) mass is 1070 g/mol. The molecule has 0 atom stereocenters. The molecule has 0 amide bonds. The second-order valence-electron chi connectivity index (χ2n) is 29.7. The summed E-state index contributed by atoms with van der Waals surface area (Å²) < 4.78 is 0. The van der Waals surface area contributed by atoms with Crippen molar-refractivity contribution >= 4 is 74.3 Å². The molecule has 0 unspecified atom stereocenters. The van der Waals surface area contributed by atoms with Crippen LogP contribution in [0.5, 0.6) is 0 Å². The van der Waals surface area contributed by atoms with Crippen molar-refractivity contribution in [3.05, 3.63) is 238 Å². The van der Waals surface area contributed by atoms with Gasteiger partial charge < -0.3 is 14.7 Å². The van der Waals surface area contributed by atoms with Crippen LogP contribution >= 0.6 is 0 Å². The molecule has 9 aromatic carbocycles.